The third kappa shape index (κ3) is 4.72. The molecule has 2 rings (SSSR count). The molecular weight excluding hydrogens is 323 g/mol. The van der Waals surface area contributed by atoms with Crippen molar-refractivity contribution in [3.63, 3.8) is 0 Å². The van der Waals surface area contributed by atoms with Gasteiger partial charge in [-0.1, -0.05) is 12.1 Å². The number of hydrogen-bond acceptors (Lipinski definition) is 3. The summed E-state index contributed by atoms with van der Waals surface area (Å²) in [5.74, 6) is -0.816. The van der Waals surface area contributed by atoms with Gasteiger partial charge < -0.3 is 9.64 Å². The van der Waals surface area contributed by atoms with Crippen molar-refractivity contribution in [1.82, 2.24) is 4.90 Å². The van der Waals surface area contributed by atoms with Crippen LogP contribution in [0.2, 0.25) is 0 Å². The Bertz CT molecular complexity index is 584. The third-order valence-electron chi connectivity index (χ3n) is 4.03. The first-order valence-corrected chi connectivity index (χ1v) is 7.91. The van der Waals surface area contributed by atoms with Gasteiger partial charge in [0.2, 0.25) is 5.91 Å². The molecule has 1 aromatic rings. The maximum absolute atomic E-state index is 12.5. The summed E-state index contributed by atoms with van der Waals surface area (Å²) in [6.45, 7) is 2.89. The van der Waals surface area contributed by atoms with Crippen LogP contribution >= 0.6 is 0 Å². The molecule has 132 valence electrons. The van der Waals surface area contributed by atoms with Crippen LogP contribution in [0.15, 0.2) is 24.3 Å². The first-order chi connectivity index (χ1) is 11.3. The van der Waals surface area contributed by atoms with Crippen molar-refractivity contribution in [3.05, 3.63) is 35.4 Å². The minimum Gasteiger partial charge on any atom is -0.466 e. The zero-order valence-corrected chi connectivity index (χ0v) is 13.4. The molecule has 0 aromatic heterocycles. The second-order valence-electron chi connectivity index (χ2n) is 5.80. The fraction of sp³-hybridized carbons (Fsp3) is 0.529. The lowest BCUT2D eigenvalue weighted by atomic mass is 9.97. The number of ether oxygens (including phenoxy) is 1. The number of nitrogens with zero attached hydrogens (tertiary/aromatic N) is 1. The molecule has 1 heterocycles. The summed E-state index contributed by atoms with van der Waals surface area (Å²) < 4.78 is 42.6. The normalized spacial score (nSPS) is 18.3. The number of hydrogen-bond donors (Lipinski definition) is 0. The number of esters is 1. The standard InChI is InChI=1S/C17H20F3NO3/c1-2-24-16(23)13-4-3-9-21(11-13)15(22)10-12-5-7-14(8-6-12)17(18,19)20/h5-8,13H,2-4,9-11H2,1H3. The van der Waals surface area contributed by atoms with E-state index in [1.54, 1.807) is 11.8 Å². The van der Waals surface area contributed by atoms with E-state index < -0.39 is 11.7 Å². The Balaban J connectivity index is 1.95. The van der Waals surface area contributed by atoms with Gasteiger partial charge in [0.15, 0.2) is 0 Å². The Kier molecular flexibility index (Phi) is 5.85. The van der Waals surface area contributed by atoms with Crippen LogP contribution < -0.4 is 0 Å². The fourth-order valence-corrected chi connectivity index (χ4v) is 2.75. The lowest BCUT2D eigenvalue weighted by molar-refractivity contribution is -0.151. The summed E-state index contributed by atoms with van der Waals surface area (Å²) in [5.41, 5.74) is -0.217. The number of carbonyl (C=O) groups is 2. The van der Waals surface area contributed by atoms with Gasteiger partial charge in [0.1, 0.15) is 0 Å². The maximum atomic E-state index is 12.5. The highest BCUT2D eigenvalue weighted by Gasteiger charge is 2.31. The monoisotopic (exact) mass is 343 g/mol. The number of carbonyl (C=O) groups excluding carboxylic acids is 2. The molecule has 0 aliphatic carbocycles. The predicted molar refractivity (Wildman–Crippen MR) is 81.1 cm³/mol. The Hall–Kier alpha value is -2.05. The van der Waals surface area contributed by atoms with Gasteiger partial charge in [0.25, 0.3) is 0 Å². The van der Waals surface area contributed by atoms with Gasteiger partial charge >= 0.3 is 12.1 Å². The summed E-state index contributed by atoms with van der Waals surface area (Å²) in [4.78, 5) is 25.7. The quantitative estimate of drug-likeness (QED) is 0.790. The molecule has 24 heavy (non-hydrogen) atoms. The second kappa shape index (κ2) is 7.68. The minimum atomic E-state index is -4.39. The molecule has 0 radical (unpaired) electrons. The van der Waals surface area contributed by atoms with Crippen molar-refractivity contribution in [3.8, 4) is 0 Å². The molecule has 0 bridgehead atoms. The van der Waals surface area contributed by atoms with Crippen LogP contribution in [0.1, 0.15) is 30.9 Å². The molecule has 1 unspecified atom stereocenters. The van der Waals surface area contributed by atoms with Crippen LogP contribution in [0, 0.1) is 5.92 Å². The number of amides is 1. The topological polar surface area (TPSA) is 46.6 Å². The maximum Gasteiger partial charge on any atom is 0.416 e. The highest BCUT2D eigenvalue weighted by atomic mass is 19.4. The van der Waals surface area contributed by atoms with Gasteiger partial charge in [-0.15, -0.1) is 0 Å². The van der Waals surface area contributed by atoms with E-state index >= 15 is 0 Å². The van der Waals surface area contributed by atoms with E-state index in [4.69, 9.17) is 4.74 Å². The molecule has 1 amide bonds. The van der Waals surface area contributed by atoms with Gasteiger partial charge in [0, 0.05) is 13.1 Å². The summed E-state index contributed by atoms with van der Waals surface area (Å²) in [5, 5.41) is 0. The molecule has 0 saturated carbocycles. The van der Waals surface area contributed by atoms with E-state index in [0.29, 0.717) is 38.1 Å². The second-order valence-corrected chi connectivity index (χ2v) is 5.80. The molecule has 1 aliphatic rings. The number of rotatable bonds is 4. The average Bonchev–Trinajstić information content (AvgIpc) is 2.55. The van der Waals surface area contributed by atoms with E-state index in [2.05, 4.69) is 0 Å². The molecule has 4 nitrogen and oxygen atoms in total. The van der Waals surface area contributed by atoms with E-state index in [9.17, 15) is 22.8 Å². The zero-order chi connectivity index (χ0) is 17.7. The third-order valence-corrected chi connectivity index (χ3v) is 4.03. The summed E-state index contributed by atoms with van der Waals surface area (Å²) in [6.07, 6.45) is -2.97. The van der Waals surface area contributed by atoms with Gasteiger partial charge in [0.05, 0.1) is 24.5 Å². The van der Waals surface area contributed by atoms with Crippen molar-refractivity contribution in [2.45, 2.75) is 32.4 Å². The first-order valence-electron chi connectivity index (χ1n) is 7.91. The zero-order valence-electron chi connectivity index (χ0n) is 13.4. The van der Waals surface area contributed by atoms with E-state index in [1.165, 1.54) is 12.1 Å². The fourth-order valence-electron chi connectivity index (χ4n) is 2.75. The van der Waals surface area contributed by atoms with Gasteiger partial charge in [-0.3, -0.25) is 9.59 Å². The van der Waals surface area contributed by atoms with Crippen LogP contribution in [0.25, 0.3) is 0 Å². The molecule has 0 N–H and O–H groups in total. The molecule has 1 aliphatic heterocycles. The van der Waals surface area contributed by atoms with Crippen LogP contribution in [-0.2, 0) is 26.9 Å². The number of halogens is 3. The Labute approximate surface area is 138 Å². The highest BCUT2D eigenvalue weighted by Crippen LogP contribution is 2.29. The van der Waals surface area contributed by atoms with Gasteiger partial charge in [-0.05, 0) is 37.5 Å². The highest BCUT2D eigenvalue weighted by molar-refractivity contribution is 5.80. The van der Waals surface area contributed by atoms with Gasteiger partial charge in [-0.25, -0.2) is 0 Å². The van der Waals surface area contributed by atoms with Crippen LogP contribution in [0.5, 0.6) is 0 Å². The molecule has 1 fully saturated rings. The molecule has 0 spiro atoms. The molecule has 1 atom stereocenters. The van der Waals surface area contributed by atoms with Crippen molar-refractivity contribution in [1.29, 1.82) is 0 Å². The van der Waals surface area contributed by atoms with Crippen molar-refractivity contribution in [2.75, 3.05) is 19.7 Å². The van der Waals surface area contributed by atoms with Crippen LogP contribution in [0.3, 0.4) is 0 Å². The Morgan fingerprint density at radius 1 is 1.25 bits per heavy atom. The SMILES string of the molecule is CCOC(=O)C1CCCN(C(=O)Cc2ccc(C(F)(F)F)cc2)C1. The average molecular weight is 343 g/mol. The van der Waals surface area contributed by atoms with E-state index in [0.717, 1.165) is 12.1 Å². The van der Waals surface area contributed by atoms with Crippen molar-refractivity contribution < 1.29 is 27.5 Å². The molecule has 1 saturated heterocycles. The van der Waals surface area contributed by atoms with Crippen molar-refractivity contribution in [2.24, 2.45) is 5.92 Å². The number of benzene rings is 1. The summed E-state index contributed by atoms with van der Waals surface area (Å²) >= 11 is 0. The predicted octanol–water partition coefficient (Wildman–Crippen LogP) is 3.05. The summed E-state index contributed by atoms with van der Waals surface area (Å²) in [6, 6.07) is 4.57. The minimum absolute atomic E-state index is 0.0215. The van der Waals surface area contributed by atoms with Crippen molar-refractivity contribution >= 4 is 11.9 Å². The first kappa shape index (κ1) is 18.3. The number of piperidine rings is 1. The lowest BCUT2D eigenvalue weighted by Gasteiger charge is -2.31. The van der Waals surface area contributed by atoms with Crippen LogP contribution in [0.4, 0.5) is 13.2 Å². The summed E-state index contributed by atoms with van der Waals surface area (Å²) in [7, 11) is 0. The van der Waals surface area contributed by atoms with Crippen LogP contribution in [-0.4, -0.2) is 36.5 Å². The number of alkyl halides is 3. The van der Waals surface area contributed by atoms with E-state index in [1.807, 2.05) is 0 Å². The smallest absolute Gasteiger partial charge is 0.416 e. The lowest BCUT2D eigenvalue weighted by Crippen LogP contribution is -2.43. The Morgan fingerprint density at radius 3 is 2.50 bits per heavy atom. The van der Waals surface area contributed by atoms with E-state index in [-0.39, 0.29) is 24.2 Å². The Morgan fingerprint density at radius 2 is 1.92 bits per heavy atom. The number of likely N-dealkylation sites (tertiary alicyclic amines) is 1. The van der Waals surface area contributed by atoms with Gasteiger partial charge in [-0.2, -0.15) is 13.2 Å². The molecular formula is C17H20F3NO3. The molecule has 1 aromatic carbocycles. The molecule has 7 heteroatoms. The largest absolute Gasteiger partial charge is 0.466 e.